The minimum atomic E-state index is -1.79. The molecular formula is C17H26N2O9. The summed E-state index contributed by atoms with van der Waals surface area (Å²) in [6, 6.07) is 0. The number of ether oxygens (including phenoxy) is 1. The van der Waals surface area contributed by atoms with E-state index in [-0.39, 0.29) is 44.2 Å². The molecule has 0 aromatic rings. The van der Waals surface area contributed by atoms with E-state index in [2.05, 4.69) is 0 Å². The van der Waals surface area contributed by atoms with Crippen LogP contribution in [0.3, 0.4) is 0 Å². The fourth-order valence-electron chi connectivity index (χ4n) is 4.22. The van der Waals surface area contributed by atoms with Gasteiger partial charge in [0, 0.05) is 26.1 Å². The second-order valence-electron chi connectivity index (χ2n) is 7.69. The summed E-state index contributed by atoms with van der Waals surface area (Å²) in [6.45, 7) is 2.31. The van der Waals surface area contributed by atoms with Crippen LogP contribution in [-0.4, -0.2) is 109 Å². The third-order valence-corrected chi connectivity index (χ3v) is 6.09. The minimum Gasteiger partial charge on any atom is -0.440 e. The first kappa shape index (κ1) is 20.9. The average molecular weight is 402 g/mol. The maximum absolute atomic E-state index is 12.5. The number of carbonyl (C=O) groups is 3. The van der Waals surface area contributed by atoms with Crippen molar-refractivity contribution in [3.63, 3.8) is 0 Å². The number of aliphatic hydroxyl groups is 5. The molecule has 2 aliphatic heterocycles. The molecule has 0 radical (unpaired) electrons. The van der Waals surface area contributed by atoms with Gasteiger partial charge in [0.1, 0.15) is 30.5 Å². The van der Waals surface area contributed by atoms with E-state index in [0.29, 0.717) is 6.54 Å². The van der Waals surface area contributed by atoms with E-state index < -0.39 is 48.1 Å². The van der Waals surface area contributed by atoms with Crippen molar-refractivity contribution in [3.8, 4) is 0 Å². The zero-order valence-electron chi connectivity index (χ0n) is 15.5. The summed E-state index contributed by atoms with van der Waals surface area (Å²) in [7, 11) is 0. The fourth-order valence-corrected chi connectivity index (χ4v) is 4.22. The lowest BCUT2D eigenvalue weighted by molar-refractivity contribution is -0.224. The Kier molecular flexibility index (Phi) is 5.65. The highest BCUT2D eigenvalue weighted by molar-refractivity contribution is 6.06. The molecule has 1 aliphatic carbocycles. The molecule has 0 aromatic heterocycles. The third kappa shape index (κ3) is 3.26. The molecule has 1 spiro atoms. The number of imide groups is 1. The molecule has 2 heterocycles. The molecule has 3 aliphatic rings. The van der Waals surface area contributed by atoms with Crippen LogP contribution in [0, 0.1) is 5.41 Å². The summed E-state index contributed by atoms with van der Waals surface area (Å²) < 4.78 is 5.08. The summed E-state index contributed by atoms with van der Waals surface area (Å²) in [6.07, 6.45) is -10.8. The monoisotopic (exact) mass is 402 g/mol. The standard InChI is InChI=1S/C17H26N2O9/c1-2-19-8(20)7-17(15(19)26)3-5-18(6-4-17)16(27)28-14-12(24)10(22)9(21)11(23)13(14)25/h9-14,21-25H,2-7H2,1H3. The van der Waals surface area contributed by atoms with Crippen LogP contribution in [-0.2, 0) is 14.3 Å². The van der Waals surface area contributed by atoms with E-state index in [9.17, 15) is 39.9 Å². The average Bonchev–Trinajstić information content (AvgIpc) is 2.91. The molecule has 1 saturated carbocycles. The first-order chi connectivity index (χ1) is 13.1. The highest BCUT2D eigenvalue weighted by Crippen LogP contribution is 2.42. The topological polar surface area (TPSA) is 168 Å². The van der Waals surface area contributed by atoms with Gasteiger partial charge in [0.25, 0.3) is 0 Å². The van der Waals surface area contributed by atoms with Gasteiger partial charge in [0.2, 0.25) is 11.8 Å². The van der Waals surface area contributed by atoms with Gasteiger partial charge in [-0.05, 0) is 19.8 Å². The summed E-state index contributed by atoms with van der Waals surface area (Å²) in [4.78, 5) is 39.4. The van der Waals surface area contributed by atoms with E-state index in [1.807, 2.05) is 0 Å². The van der Waals surface area contributed by atoms with Crippen LogP contribution in [0.1, 0.15) is 26.2 Å². The first-order valence-electron chi connectivity index (χ1n) is 9.33. The van der Waals surface area contributed by atoms with Crippen molar-refractivity contribution in [2.45, 2.75) is 62.8 Å². The van der Waals surface area contributed by atoms with Crippen LogP contribution in [0.4, 0.5) is 4.79 Å². The van der Waals surface area contributed by atoms with Crippen molar-refractivity contribution >= 4 is 17.9 Å². The smallest absolute Gasteiger partial charge is 0.410 e. The van der Waals surface area contributed by atoms with E-state index >= 15 is 0 Å². The second kappa shape index (κ2) is 7.56. The van der Waals surface area contributed by atoms with Crippen LogP contribution in [0.2, 0.25) is 0 Å². The molecule has 0 aromatic carbocycles. The maximum atomic E-state index is 12.5. The van der Waals surface area contributed by atoms with Crippen molar-refractivity contribution in [1.29, 1.82) is 0 Å². The maximum Gasteiger partial charge on any atom is 0.410 e. The lowest BCUT2D eigenvalue weighted by Crippen LogP contribution is -2.65. The molecule has 4 atom stereocenters. The largest absolute Gasteiger partial charge is 0.440 e. The third-order valence-electron chi connectivity index (χ3n) is 6.09. The van der Waals surface area contributed by atoms with Crippen molar-refractivity contribution in [1.82, 2.24) is 9.80 Å². The molecule has 5 N–H and O–H groups in total. The Labute approximate surface area is 161 Å². The van der Waals surface area contributed by atoms with E-state index in [4.69, 9.17) is 4.74 Å². The number of amides is 3. The predicted octanol–water partition coefficient (Wildman–Crippen LogP) is -2.83. The molecule has 158 valence electrons. The lowest BCUT2D eigenvalue weighted by Gasteiger charge is -2.42. The Morgan fingerprint density at radius 1 is 1.00 bits per heavy atom. The molecule has 28 heavy (non-hydrogen) atoms. The number of hydrogen-bond acceptors (Lipinski definition) is 9. The first-order valence-corrected chi connectivity index (χ1v) is 9.33. The highest BCUT2D eigenvalue weighted by Gasteiger charge is 2.54. The van der Waals surface area contributed by atoms with Crippen molar-refractivity contribution in [3.05, 3.63) is 0 Å². The zero-order chi connectivity index (χ0) is 20.8. The molecule has 4 unspecified atom stereocenters. The van der Waals surface area contributed by atoms with Gasteiger partial charge >= 0.3 is 6.09 Å². The SMILES string of the molecule is CCN1C(=O)CC2(CCN(C(=O)OC3C(O)C(O)C(O)C(O)C3O)CC2)C1=O. The number of likely N-dealkylation sites (tertiary alicyclic amines) is 2. The van der Waals surface area contributed by atoms with Gasteiger partial charge in [-0.3, -0.25) is 14.5 Å². The van der Waals surface area contributed by atoms with Gasteiger partial charge in [0.05, 0.1) is 5.41 Å². The van der Waals surface area contributed by atoms with E-state index in [1.165, 1.54) is 9.80 Å². The molecular weight excluding hydrogens is 376 g/mol. The Hall–Kier alpha value is -1.79. The number of nitrogens with zero attached hydrogens (tertiary/aromatic N) is 2. The van der Waals surface area contributed by atoms with Crippen LogP contribution in [0.15, 0.2) is 0 Å². The van der Waals surface area contributed by atoms with Gasteiger partial charge in [-0.25, -0.2) is 4.79 Å². The predicted molar refractivity (Wildman–Crippen MR) is 90.6 cm³/mol. The number of aliphatic hydroxyl groups excluding tert-OH is 5. The number of piperidine rings is 1. The van der Waals surface area contributed by atoms with E-state index in [1.54, 1.807) is 6.92 Å². The number of carbonyl (C=O) groups excluding carboxylic acids is 3. The summed E-state index contributed by atoms with van der Waals surface area (Å²) in [5.74, 6) is -0.454. The van der Waals surface area contributed by atoms with Gasteiger partial charge in [-0.1, -0.05) is 0 Å². The molecule has 11 heteroatoms. The molecule has 3 rings (SSSR count). The van der Waals surface area contributed by atoms with Crippen molar-refractivity contribution < 1.29 is 44.7 Å². The quantitative estimate of drug-likeness (QED) is 0.306. The molecule has 0 bridgehead atoms. The summed E-state index contributed by atoms with van der Waals surface area (Å²) in [5.41, 5.74) is -0.815. The van der Waals surface area contributed by atoms with Gasteiger partial charge < -0.3 is 35.2 Å². The van der Waals surface area contributed by atoms with Crippen LogP contribution >= 0.6 is 0 Å². The van der Waals surface area contributed by atoms with Crippen molar-refractivity contribution in [2.75, 3.05) is 19.6 Å². The van der Waals surface area contributed by atoms with Gasteiger partial charge in [-0.2, -0.15) is 0 Å². The Balaban J connectivity index is 1.62. The highest BCUT2D eigenvalue weighted by atomic mass is 16.6. The lowest BCUT2D eigenvalue weighted by atomic mass is 9.77. The Bertz CT molecular complexity index is 633. The Morgan fingerprint density at radius 2 is 1.50 bits per heavy atom. The second-order valence-corrected chi connectivity index (χ2v) is 7.69. The van der Waals surface area contributed by atoms with Crippen LogP contribution in [0.25, 0.3) is 0 Å². The van der Waals surface area contributed by atoms with Crippen LogP contribution < -0.4 is 0 Å². The fraction of sp³-hybridized carbons (Fsp3) is 0.824. The summed E-state index contributed by atoms with van der Waals surface area (Å²) >= 11 is 0. The number of rotatable bonds is 2. The Morgan fingerprint density at radius 3 is 1.96 bits per heavy atom. The molecule has 11 nitrogen and oxygen atoms in total. The van der Waals surface area contributed by atoms with Crippen LogP contribution in [0.5, 0.6) is 0 Å². The normalized spacial score (nSPS) is 38.2. The number of hydrogen-bond donors (Lipinski definition) is 5. The van der Waals surface area contributed by atoms with Gasteiger partial charge in [0.15, 0.2) is 6.10 Å². The van der Waals surface area contributed by atoms with E-state index in [0.717, 1.165) is 0 Å². The van der Waals surface area contributed by atoms with Crippen molar-refractivity contribution in [2.24, 2.45) is 5.41 Å². The molecule has 2 saturated heterocycles. The summed E-state index contributed by atoms with van der Waals surface area (Å²) in [5, 5.41) is 48.9. The van der Waals surface area contributed by atoms with Gasteiger partial charge in [-0.15, -0.1) is 0 Å². The minimum absolute atomic E-state index is 0.110. The zero-order valence-corrected chi connectivity index (χ0v) is 15.5. The molecule has 3 fully saturated rings. The molecule has 3 amide bonds.